The number of ether oxygens (including phenoxy) is 1. The normalized spacial score (nSPS) is 9.68. The van der Waals surface area contributed by atoms with Gasteiger partial charge in [-0.05, 0) is 5.43 Å². The minimum atomic E-state index is -4.02. The van der Waals surface area contributed by atoms with Crippen LogP contribution in [0.2, 0.25) is 0 Å². The van der Waals surface area contributed by atoms with Gasteiger partial charge in [0, 0.05) is 0 Å². The Bertz CT molecular complexity index is 381. The van der Waals surface area contributed by atoms with E-state index in [1.807, 2.05) is 0 Å². The lowest BCUT2D eigenvalue weighted by molar-refractivity contribution is -0.970. The average Bonchev–Trinajstić information content (AvgIpc) is 2.15. The average molecular weight is 286 g/mol. The molecule has 0 saturated heterocycles. The highest BCUT2D eigenvalue weighted by Crippen LogP contribution is 2.12. The van der Waals surface area contributed by atoms with E-state index in [0.29, 0.717) is 0 Å². The molecule has 16 nitrogen and oxygen atoms in total. The quantitative estimate of drug-likeness (QED) is 0.324. The van der Waals surface area contributed by atoms with Crippen molar-refractivity contribution in [2.24, 2.45) is 0 Å². The number of hydrogen-bond donors (Lipinski definition) is 2. The molecule has 0 aliphatic carbocycles. The minimum Gasteiger partial charge on any atom is -0.421 e. The van der Waals surface area contributed by atoms with E-state index in [0.717, 1.165) is 5.43 Å². The molecule has 0 aromatic rings. The number of carbonyl (C=O) groups is 1. The third-order valence-electron chi connectivity index (χ3n) is 1.46. The summed E-state index contributed by atoms with van der Waals surface area (Å²) < 4.78 is 3.69. The van der Waals surface area contributed by atoms with E-state index < -0.39 is 38.3 Å². The van der Waals surface area contributed by atoms with Crippen molar-refractivity contribution in [3.63, 3.8) is 0 Å². The van der Waals surface area contributed by atoms with Crippen LogP contribution >= 0.6 is 0 Å². The van der Waals surface area contributed by atoms with Gasteiger partial charge in [0.25, 0.3) is 0 Å². The van der Waals surface area contributed by atoms with E-state index in [9.17, 15) is 45.3 Å². The fourth-order valence-electron chi connectivity index (χ4n) is 0.627. The van der Waals surface area contributed by atoms with Crippen molar-refractivity contribution in [3.05, 3.63) is 40.5 Å². The van der Waals surface area contributed by atoms with Gasteiger partial charge in [-0.15, -0.1) is 0 Å². The first kappa shape index (κ1) is 18.2. The van der Waals surface area contributed by atoms with Crippen LogP contribution in [0.1, 0.15) is 0 Å². The lowest BCUT2D eigenvalue weighted by Crippen LogP contribution is -2.57. The summed E-state index contributed by atoms with van der Waals surface area (Å²) in [5.41, 5.74) is 0.825. The van der Waals surface area contributed by atoms with Crippen molar-refractivity contribution >= 4 is 6.09 Å². The van der Waals surface area contributed by atoms with E-state index in [4.69, 9.17) is 0 Å². The zero-order valence-electron chi connectivity index (χ0n) is 8.79. The molecule has 4 N–H and O–H groups in total. The second-order valence-corrected chi connectivity index (χ2v) is 2.49. The smallest absolute Gasteiger partial charge is 0.421 e. The Hall–Kier alpha value is -3.17. The molecule has 19 heavy (non-hydrogen) atoms. The first-order valence-corrected chi connectivity index (χ1v) is 3.66. The van der Waals surface area contributed by atoms with E-state index in [-0.39, 0.29) is 6.15 Å². The fourth-order valence-corrected chi connectivity index (χ4v) is 0.627. The Balaban J connectivity index is 0. The fraction of sp³-hybridized carbons (Fsp3) is 0.667. The molecule has 108 valence electrons. The van der Waals surface area contributed by atoms with Crippen molar-refractivity contribution in [2.75, 3.05) is 6.61 Å². The molecule has 1 amide bonds. The van der Waals surface area contributed by atoms with Gasteiger partial charge in [0.2, 0.25) is 0 Å². The highest BCUT2D eigenvalue weighted by atomic mass is 16.7. The van der Waals surface area contributed by atoms with Gasteiger partial charge in [0.05, 0.1) is 0 Å². The molecule has 0 aliphatic heterocycles. The van der Waals surface area contributed by atoms with Crippen molar-refractivity contribution in [1.82, 2.24) is 11.6 Å². The molecule has 0 rings (SSSR count). The summed E-state index contributed by atoms with van der Waals surface area (Å²) in [6.45, 7) is -1.92. The Kier molecular flexibility index (Phi) is 6.26. The Morgan fingerprint density at radius 1 is 1.00 bits per heavy atom. The molecule has 0 fully saturated rings. The van der Waals surface area contributed by atoms with Crippen LogP contribution in [0.3, 0.4) is 0 Å². The highest BCUT2D eigenvalue weighted by Gasteiger charge is 2.72. The number of amides is 1. The molecule has 0 spiro atoms. The lowest BCUT2D eigenvalue weighted by Gasteiger charge is -2.08. The highest BCUT2D eigenvalue weighted by molar-refractivity contribution is 5.65. The van der Waals surface area contributed by atoms with Gasteiger partial charge in [-0.1, -0.05) is 0 Å². The van der Waals surface area contributed by atoms with Crippen LogP contribution in [-0.4, -0.2) is 38.3 Å². The first-order valence-electron chi connectivity index (χ1n) is 3.66. The van der Waals surface area contributed by atoms with Crippen molar-refractivity contribution < 1.29 is 29.3 Å². The van der Waals surface area contributed by atoms with Crippen molar-refractivity contribution in [3.8, 4) is 0 Å². The third kappa shape index (κ3) is 3.96. The van der Waals surface area contributed by atoms with Gasteiger partial charge >= 0.3 is 18.5 Å². The van der Waals surface area contributed by atoms with E-state index >= 15 is 0 Å². The summed E-state index contributed by atoms with van der Waals surface area (Å²) in [6.07, 6.45) is -1.92. The zero-order chi connectivity index (χ0) is 14.5. The summed E-state index contributed by atoms with van der Waals surface area (Å²) >= 11 is 0. The number of carbonyl (C=O) groups excluding carboxylic acids is 1. The largest absolute Gasteiger partial charge is 0.734 e. The standard InChI is InChI=1S/C3H3N5O10.H3N/c9-2(4-8(16)17)18-1-3(5(10)11,6(12)13)7(14)15;/h1H2,(H,4,9);1H3. The van der Waals surface area contributed by atoms with Crippen LogP contribution in [0, 0.1) is 40.5 Å². The number of nitrogens with one attached hydrogen (secondary N) is 1. The molecular weight excluding hydrogens is 280 g/mol. The second-order valence-electron chi connectivity index (χ2n) is 2.49. The number of rotatable bonds is 6. The van der Waals surface area contributed by atoms with Crippen LogP contribution in [0.15, 0.2) is 0 Å². The monoisotopic (exact) mass is 286 g/mol. The Labute approximate surface area is 101 Å². The molecule has 0 bridgehead atoms. The van der Waals surface area contributed by atoms with Crippen LogP contribution in [0.4, 0.5) is 4.79 Å². The van der Waals surface area contributed by atoms with E-state index in [2.05, 4.69) is 4.74 Å². The Morgan fingerprint density at radius 3 is 1.63 bits per heavy atom. The molecule has 16 heteroatoms. The van der Waals surface area contributed by atoms with Crippen LogP contribution < -0.4 is 11.6 Å². The first-order chi connectivity index (χ1) is 8.14. The van der Waals surface area contributed by atoms with E-state index in [1.54, 1.807) is 0 Å². The molecule has 0 aromatic carbocycles. The van der Waals surface area contributed by atoms with Gasteiger partial charge in [-0.3, -0.25) is 30.3 Å². The summed E-state index contributed by atoms with van der Waals surface area (Å²) in [6, 6.07) is 0. The van der Waals surface area contributed by atoms with Gasteiger partial charge in [-0.25, -0.2) is 14.9 Å². The number of hydrazine groups is 1. The maximum absolute atomic E-state index is 10.5. The molecular formula is C3H6N6O10. The molecule has 0 aliphatic rings. The predicted molar refractivity (Wildman–Crippen MR) is 50.2 cm³/mol. The molecule has 0 unspecified atom stereocenters. The van der Waals surface area contributed by atoms with Gasteiger partial charge in [0.15, 0.2) is 19.8 Å². The number of nitrogens with zero attached hydrogens (tertiary/aromatic N) is 4. The number of nitro groups is 4. The summed E-state index contributed by atoms with van der Waals surface area (Å²) in [7, 11) is 0. The second kappa shape index (κ2) is 6.54. The molecule has 0 heterocycles. The topological polar surface area (TPSA) is 246 Å². The van der Waals surface area contributed by atoms with Crippen LogP contribution in [-0.2, 0) is 4.74 Å². The number of hydrogen-bond acceptors (Lipinski definition) is 11. The molecule has 0 atom stereocenters. The van der Waals surface area contributed by atoms with Crippen LogP contribution in [0.25, 0.3) is 0 Å². The lowest BCUT2D eigenvalue weighted by atomic mass is 10.4. The predicted octanol–water partition coefficient (Wildman–Crippen LogP) is -1.45. The SMILES string of the molecule is N.O=C(N[N+](=O)[O-])OCC([N+](=O)[O-])([N+](=O)[O-])[N+](=O)[O-]. The zero-order valence-corrected chi connectivity index (χ0v) is 8.79. The van der Waals surface area contributed by atoms with Crippen LogP contribution in [0.5, 0.6) is 0 Å². The van der Waals surface area contributed by atoms with Gasteiger partial charge < -0.3 is 10.9 Å². The maximum Gasteiger partial charge on any atom is 0.734 e. The minimum absolute atomic E-state index is 0. The van der Waals surface area contributed by atoms with Crippen molar-refractivity contribution in [2.45, 2.75) is 5.79 Å². The van der Waals surface area contributed by atoms with Gasteiger partial charge in [0.1, 0.15) is 0 Å². The summed E-state index contributed by atoms with van der Waals surface area (Å²) in [5, 5.41) is 39.3. The van der Waals surface area contributed by atoms with Gasteiger partial charge in [-0.2, -0.15) is 0 Å². The summed E-state index contributed by atoms with van der Waals surface area (Å²) in [4.78, 5) is 45.5. The summed E-state index contributed by atoms with van der Waals surface area (Å²) in [5.74, 6) is -4.02. The molecule has 0 saturated carbocycles. The maximum atomic E-state index is 10.5. The third-order valence-corrected chi connectivity index (χ3v) is 1.46. The molecule has 0 radical (unpaired) electrons. The Morgan fingerprint density at radius 2 is 1.37 bits per heavy atom. The van der Waals surface area contributed by atoms with E-state index in [1.165, 1.54) is 0 Å². The molecule has 0 aromatic heterocycles. The van der Waals surface area contributed by atoms with Crippen molar-refractivity contribution in [1.29, 1.82) is 0 Å².